The van der Waals surface area contributed by atoms with Crippen LogP contribution >= 0.6 is 0 Å². The number of hydrogen-bond acceptors (Lipinski definition) is 3. The molecule has 0 spiro atoms. The van der Waals surface area contributed by atoms with Crippen molar-refractivity contribution in [2.75, 3.05) is 0 Å². The van der Waals surface area contributed by atoms with Crippen molar-refractivity contribution in [3.8, 4) is 11.3 Å². The minimum Gasteiger partial charge on any atom is -0.348 e. The summed E-state index contributed by atoms with van der Waals surface area (Å²) in [5, 5.41) is 9.64. The zero-order valence-corrected chi connectivity index (χ0v) is 12.5. The molecule has 2 aromatic heterocycles. The van der Waals surface area contributed by atoms with Crippen molar-refractivity contribution in [1.82, 2.24) is 25.1 Å². The van der Waals surface area contributed by atoms with E-state index in [-0.39, 0.29) is 17.8 Å². The SMILES string of the molecule is C[C@@H](Cn1ccnc1)NC(=O)c1cn[nH]c1-c1ccc(F)cc1. The third-order valence-corrected chi connectivity index (χ3v) is 3.44. The zero-order valence-electron chi connectivity index (χ0n) is 12.5. The second-order valence-electron chi connectivity index (χ2n) is 5.30. The van der Waals surface area contributed by atoms with Crippen LogP contribution in [0.1, 0.15) is 17.3 Å². The van der Waals surface area contributed by atoms with Gasteiger partial charge in [-0.1, -0.05) is 0 Å². The number of halogens is 1. The van der Waals surface area contributed by atoms with Crippen molar-refractivity contribution < 1.29 is 9.18 Å². The Hall–Kier alpha value is -2.96. The topological polar surface area (TPSA) is 75.6 Å². The van der Waals surface area contributed by atoms with Gasteiger partial charge in [0.05, 0.1) is 23.8 Å². The summed E-state index contributed by atoms with van der Waals surface area (Å²) in [4.78, 5) is 16.4. The monoisotopic (exact) mass is 313 g/mol. The van der Waals surface area contributed by atoms with E-state index in [9.17, 15) is 9.18 Å². The first-order valence-corrected chi connectivity index (χ1v) is 7.19. The van der Waals surface area contributed by atoms with Crippen LogP contribution in [-0.4, -0.2) is 31.7 Å². The molecule has 1 amide bonds. The van der Waals surface area contributed by atoms with Crippen LogP contribution in [0.2, 0.25) is 0 Å². The molecular weight excluding hydrogens is 297 g/mol. The number of H-pyrrole nitrogens is 1. The lowest BCUT2D eigenvalue weighted by Gasteiger charge is -2.14. The molecule has 0 saturated carbocycles. The summed E-state index contributed by atoms with van der Waals surface area (Å²) in [6.45, 7) is 2.53. The Labute approximate surface area is 132 Å². The first-order valence-electron chi connectivity index (χ1n) is 7.19. The highest BCUT2D eigenvalue weighted by molar-refractivity contribution is 5.99. The average molecular weight is 313 g/mol. The molecule has 23 heavy (non-hydrogen) atoms. The molecule has 0 aliphatic rings. The molecule has 0 aliphatic heterocycles. The molecule has 2 N–H and O–H groups in total. The van der Waals surface area contributed by atoms with Gasteiger partial charge in [-0.15, -0.1) is 0 Å². The quantitative estimate of drug-likeness (QED) is 0.758. The van der Waals surface area contributed by atoms with Crippen LogP contribution in [-0.2, 0) is 6.54 Å². The normalized spacial score (nSPS) is 12.1. The van der Waals surface area contributed by atoms with E-state index >= 15 is 0 Å². The highest BCUT2D eigenvalue weighted by Gasteiger charge is 2.17. The molecular formula is C16H16FN5O. The molecule has 1 atom stereocenters. The minimum atomic E-state index is -0.326. The first-order chi connectivity index (χ1) is 11.1. The number of carbonyl (C=O) groups is 1. The number of benzene rings is 1. The largest absolute Gasteiger partial charge is 0.348 e. The Balaban J connectivity index is 1.73. The third-order valence-electron chi connectivity index (χ3n) is 3.44. The maximum Gasteiger partial charge on any atom is 0.255 e. The molecule has 0 radical (unpaired) electrons. The Kier molecular flexibility index (Phi) is 4.18. The van der Waals surface area contributed by atoms with Crippen molar-refractivity contribution in [1.29, 1.82) is 0 Å². The molecule has 118 valence electrons. The zero-order chi connectivity index (χ0) is 16.2. The van der Waals surface area contributed by atoms with Crippen LogP contribution < -0.4 is 5.32 Å². The molecule has 3 aromatic rings. The Morgan fingerprint density at radius 3 is 2.87 bits per heavy atom. The number of nitrogens with zero attached hydrogens (tertiary/aromatic N) is 3. The summed E-state index contributed by atoms with van der Waals surface area (Å²) in [5.74, 6) is -0.557. The number of amides is 1. The molecule has 0 saturated heterocycles. The molecule has 7 heteroatoms. The van der Waals surface area contributed by atoms with Crippen LogP contribution in [0.15, 0.2) is 49.2 Å². The van der Waals surface area contributed by atoms with E-state index in [0.29, 0.717) is 23.4 Å². The van der Waals surface area contributed by atoms with Crippen molar-refractivity contribution in [3.63, 3.8) is 0 Å². The lowest BCUT2D eigenvalue weighted by atomic mass is 10.1. The molecule has 0 unspecified atom stereocenters. The Bertz CT molecular complexity index is 779. The van der Waals surface area contributed by atoms with E-state index in [1.807, 2.05) is 17.7 Å². The maximum atomic E-state index is 13.0. The second-order valence-corrected chi connectivity index (χ2v) is 5.30. The fourth-order valence-electron chi connectivity index (χ4n) is 2.35. The smallest absolute Gasteiger partial charge is 0.255 e. The van der Waals surface area contributed by atoms with E-state index in [0.717, 1.165) is 0 Å². The summed E-state index contributed by atoms with van der Waals surface area (Å²) in [7, 11) is 0. The highest BCUT2D eigenvalue weighted by Crippen LogP contribution is 2.21. The lowest BCUT2D eigenvalue weighted by molar-refractivity contribution is 0.0937. The van der Waals surface area contributed by atoms with Gasteiger partial charge in [-0.05, 0) is 31.2 Å². The van der Waals surface area contributed by atoms with Gasteiger partial charge in [0.25, 0.3) is 5.91 Å². The summed E-state index contributed by atoms with van der Waals surface area (Å²) in [6, 6.07) is 5.83. The van der Waals surface area contributed by atoms with Gasteiger partial charge in [0.1, 0.15) is 5.82 Å². The van der Waals surface area contributed by atoms with Gasteiger partial charge in [-0.25, -0.2) is 9.37 Å². The average Bonchev–Trinajstić information content (AvgIpc) is 3.19. The van der Waals surface area contributed by atoms with Gasteiger partial charge >= 0.3 is 0 Å². The molecule has 0 bridgehead atoms. The Morgan fingerprint density at radius 1 is 1.39 bits per heavy atom. The number of imidazole rings is 1. The Morgan fingerprint density at radius 2 is 2.17 bits per heavy atom. The maximum absolute atomic E-state index is 13.0. The van der Waals surface area contributed by atoms with Gasteiger partial charge < -0.3 is 9.88 Å². The number of aromatic nitrogens is 4. The summed E-state index contributed by atoms with van der Waals surface area (Å²) in [5.41, 5.74) is 1.70. The van der Waals surface area contributed by atoms with Crippen molar-refractivity contribution in [2.24, 2.45) is 0 Å². The number of aromatic amines is 1. The standard InChI is InChI=1S/C16H16FN5O/c1-11(9-22-7-6-18-10-22)20-16(23)14-8-19-21-15(14)12-2-4-13(17)5-3-12/h2-8,10-11H,9H2,1H3,(H,19,21)(H,20,23)/t11-/m0/s1. The van der Waals surface area contributed by atoms with Gasteiger partial charge in [-0.2, -0.15) is 5.10 Å². The fourth-order valence-corrected chi connectivity index (χ4v) is 2.35. The van der Waals surface area contributed by atoms with Crippen LogP contribution in [0.5, 0.6) is 0 Å². The van der Waals surface area contributed by atoms with Crippen molar-refractivity contribution >= 4 is 5.91 Å². The number of rotatable bonds is 5. The van der Waals surface area contributed by atoms with Crippen LogP contribution in [0.4, 0.5) is 4.39 Å². The summed E-state index contributed by atoms with van der Waals surface area (Å²) < 4.78 is 14.9. The van der Waals surface area contributed by atoms with Gasteiger partial charge in [0.15, 0.2) is 0 Å². The van der Waals surface area contributed by atoms with E-state index < -0.39 is 0 Å². The second kappa shape index (κ2) is 6.43. The molecule has 3 rings (SSSR count). The van der Waals surface area contributed by atoms with E-state index in [4.69, 9.17) is 0 Å². The third kappa shape index (κ3) is 3.45. The minimum absolute atomic E-state index is 0.0762. The number of nitrogens with one attached hydrogen (secondary N) is 2. The summed E-state index contributed by atoms with van der Waals surface area (Å²) in [6.07, 6.45) is 6.70. The van der Waals surface area contributed by atoms with Crippen molar-refractivity contribution in [3.05, 3.63) is 60.6 Å². The highest BCUT2D eigenvalue weighted by atomic mass is 19.1. The predicted molar refractivity (Wildman–Crippen MR) is 83.1 cm³/mol. The van der Waals surface area contributed by atoms with Gasteiger partial charge in [0.2, 0.25) is 0 Å². The molecule has 2 heterocycles. The summed E-state index contributed by atoms with van der Waals surface area (Å²) >= 11 is 0. The number of hydrogen-bond donors (Lipinski definition) is 2. The molecule has 0 aliphatic carbocycles. The molecule has 6 nitrogen and oxygen atoms in total. The molecule has 1 aromatic carbocycles. The lowest BCUT2D eigenvalue weighted by Crippen LogP contribution is -2.35. The predicted octanol–water partition coefficient (Wildman–Crippen LogP) is 2.23. The van der Waals surface area contributed by atoms with E-state index in [2.05, 4.69) is 20.5 Å². The fraction of sp³-hybridized carbons (Fsp3) is 0.188. The number of carbonyl (C=O) groups excluding carboxylic acids is 1. The van der Waals surface area contributed by atoms with E-state index in [1.165, 1.54) is 18.3 Å². The van der Waals surface area contributed by atoms with Crippen LogP contribution in [0.3, 0.4) is 0 Å². The van der Waals surface area contributed by atoms with Crippen LogP contribution in [0, 0.1) is 5.82 Å². The molecule has 0 fully saturated rings. The van der Waals surface area contributed by atoms with Gasteiger partial charge in [-0.3, -0.25) is 9.89 Å². The van der Waals surface area contributed by atoms with E-state index in [1.54, 1.807) is 24.7 Å². The van der Waals surface area contributed by atoms with Crippen molar-refractivity contribution in [2.45, 2.75) is 19.5 Å². The van der Waals surface area contributed by atoms with Gasteiger partial charge in [0, 0.05) is 30.5 Å². The first kappa shape index (κ1) is 15.0. The van der Waals surface area contributed by atoms with Crippen LogP contribution in [0.25, 0.3) is 11.3 Å².